The van der Waals surface area contributed by atoms with Crippen molar-refractivity contribution in [3.8, 4) is 0 Å². The number of nitrogens with one attached hydrogen (secondary N) is 1. The molecule has 0 fully saturated rings. The number of pyridine rings is 1. The summed E-state index contributed by atoms with van der Waals surface area (Å²) in [6.07, 6.45) is 1.68. The summed E-state index contributed by atoms with van der Waals surface area (Å²) in [4.78, 5) is 4.03. The molecule has 0 spiro atoms. The lowest BCUT2D eigenvalue weighted by Gasteiger charge is -2.07. The number of nitrogens with zero attached hydrogens (tertiary/aromatic N) is 1. The van der Waals surface area contributed by atoms with E-state index in [-0.39, 0.29) is 6.17 Å². The van der Waals surface area contributed by atoms with E-state index in [1.165, 1.54) is 0 Å². The Kier molecular flexibility index (Phi) is 2.23. The van der Waals surface area contributed by atoms with Crippen LogP contribution in [0.15, 0.2) is 24.4 Å². The van der Waals surface area contributed by atoms with E-state index in [9.17, 15) is 0 Å². The molecule has 0 saturated carbocycles. The van der Waals surface area contributed by atoms with Gasteiger partial charge < -0.3 is 11.1 Å². The van der Waals surface area contributed by atoms with Crippen LogP contribution in [0.4, 0.5) is 5.82 Å². The zero-order chi connectivity index (χ0) is 7.40. The van der Waals surface area contributed by atoms with Crippen LogP contribution in [0.2, 0.25) is 0 Å². The first-order chi connectivity index (χ1) is 4.79. The third-order valence-electron chi connectivity index (χ3n) is 1.04. The fourth-order valence-corrected chi connectivity index (χ4v) is 0.681. The number of anilines is 1. The van der Waals surface area contributed by atoms with Gasteiger partial charge in [-0.3, -0.25) is 0 Å². The average Bonchev–Trinajstić information content (AvgIpc) is 1.88. The van der Waals surface area contributed by atoms with Gasteiger partial charge in [-0.25, -0.2) is 4.98 Å². The molecule has 1 rings (SSSR count). The van der Waals surface area contributed by atoms with Gasteiger partial charge in [-0.2, -0.15) is 0 Å². The molecule has 0 bridgehead atoms. The molecule has 0 aliphatic carbocycles. The molecule has 3 heteroatoms. The zero-order valence-corrected chi connectivity index (χ0v) is 5.91. The maximum Gasteiger partial charge on any atom is 0.127 e. The fraction of sp³-hybridized carbons (Fsp3) is 0.286. The van der Waals surface area contributed by atoms with Crippen LogP contribution in [0.25, 0.3) is 0 Å². The third kappa shape index (κ3) is 2.03. The number of hydrogen-bond acceptors (Lipinski definition) is 3. The average molecular weight is 137 g/mol. The molecular formula is C7H11N3. The van der Waals surface area contributed by atoms with Gasteiger partial charge in [0.25, 0.3) is 0 Å². The second-order valence-corrected chi connectivity index (χ2v) is 2.15. The van der Waals surface area contributed by atoms with Gasteiger partial charge in [0.1, 0.15) is 5.82 Å². The van der Waals surface area contributed by atoms with Crippen molar-refractivity contribution < 1.29 is 0 Å². The molecule has 0 aromatic carbocycles. The van der Waals surface area contributed by atoms with E-state index in [1.807, 2.05) is 25.1 Å². The van der Waals surface area contributed by atoms with Crippen molar-refractivity contribution in [1.29, 1.82) is 0 Å². The Labute approximate surface area is 60.3 Å². The molecule has 0 radical (unpaired) electrons. The molecule has 1 atom stereocenters. The molecule has 1 aromatic rings. The highest BCUT2D eigenvalue weighted by atomic mass is 15.1. The van der Waals surface area contributed by atoms with Gasteiger partial charge in [0, 0.05) is 6.20 Å². The monoisotopic (exact) mass is 137 g/mol. The van der Waals surface area contributed by atoms with Crippen molar-refractivity contribution in [2.75, 3.05) is 5.32 Å². The summed E-state index contributed by atoms with van der Waals surface area (Å²) in [5, 5.41) is 2.97. The summed E-state index contributed by atoms with van der Waals surface area (Å²) >= 11 is 0. The normalized spacial score (nSPS) is 12.6. The highest BCUT2D eigenvalue weighted by Gasteiger charge is 1.92. The molecular weight excluding hydrogens is 126 g/mol. The van der Waals surface area contributed by atoms with Crippen LogP contribution < -0.4 is 11.1 Å². The fourth-order valence-electron chi connectivity index (χ4n) is 0.681. The van der Waals surface area contributed by atoms with Gasteiger partial charge in [-0.05, 0) is 19.1 Å². The van der Waals surface area contributed by atoms with E-state index in [1.54, 1.807) is 6.20 Å². The lowest BCUT2D eigenvalue weighted by atomic mass is 10.4. The van der Waals surface area contributed by atoms with Gasteiger partial charge in [-0.1, -0.05) is 6.07 Å². The Balaban J connectivity index is 2.59. The highest BCUT2D eigenvalue weighted by Crippen LogP contribution is 1.98. The summed E-state index contributed by atoms with van der Waals surface area (Å²) in [7, 11) is 0. The Hall–Kier alpha value is -1.09. The van der Waals surface area contributed by atoms with E-state index in [0.29, 0.717) is 0 Å². The molecule has 54 valence electrons. The number of rotatable bonds is 2. The molecule has 0 aliphatic rings. The summed E-state index contributed by atoms with van der Waals surface area (Å²) in [5.74, 6) is 0.817. The molecule has 1 heterocycles. The molecule has 10 heavy (non-hydrogen) atoms. The minimum Gasteiger partial charge on any atom is -0.355 e. The van der Waals surface area contributed by atoms with Crippen LogP contribution in [0.3, 0.4) is 0 Å². The van der Waals surface area contributed by atoms with Gasteiger partial charge in [0.05, 0.1) is 6.17 Å². The summed E-state index contributed by atoms with van der Waals surface area (Å²) in [6, 6.07) is 5.66. The Morgan fingerprint density at radius 2 is 2.40 bits per heavy atom. The van der Waals surface area contributed by atoms with E-state index in [2.05, 4.69) is 10.3 Å². The molecule has 1 aromatic heterocycles. The number of nitrogens with two attached hydrogens (primary N) is 1. The largest absolute Gasteiger partial charge is 0.355 e. The molecule has 3 nitrogen and oxygen atoms in total. The molecule has 0 saturated heterocycles. The van der Waals surface area contributed by atoms with Gasteiger partial charge in [0.15, 0.2) is 0 Å². The minimum absolute atomic E-state index is 0.0464. The Morgan fingerprint density at radius 1 is 1.60 bits per heavy atom. The first-order valence-corrected chi connectivity index (χ1v) is 3.22. The quantitative estimate of drug-likeness (QED) is 0.593. The summed E-state index contributed by atoms with van der Waals surface area (Å²) in [6.45, 7) is 1.87. The van der Waals surface area contributed by atoms with Gasteiger partial charge in [-0.15, -0.1) is 0 Å². The van der Waals surface area contributed by atoms with Crippen LogP contribution in [-0.4, -0.2) is 11.1 Å². The van der Waals surface area contributed by atoms with Crippen LogP contribution >= 0.6 is 0 Å². The smallest absolute Gasteiger partial charge is 0.127 e. The van der Waals surface area contributed by atoms with E-state index in [4.69, 9.17) is 5.73 Å². The summed E-state index contributed by atoms with van der Waals surface area (Å²) < 4.78 is 0. The predicted molar refractivity (Wildman–Crippen MR) is 41.5 cm³/mol. The topological polar surface area (TPSA) is 50.9 Å². The summed E-state index contributed by atoms with van der Waals surface area (Å²) in [5.41, 5.74) is 5.47. The third-order valence-corrected chi connectivity index (χ3v) is 1.04. The number of aromatic nitrogens is 1. The van der Waals surface area contributed by atoms with Crippen LogP contribution in [-0.2, 0) is 0 Å². The van der Waals surface area contributed by atoms with Crippen molar-refractivity contribution in [3.63, 3.8) is 0 Å². The molecule has 0 aliphatic heterocycles. The van der Waals surface area contributed by atoms with Crippen molar-refractivity contribution in [2.24, 2.45) is 5.73 Å². The maximum absolute atomic E-state index is 5.47. The van der Waals surface area contributed by atoms with Crippen LogP contribution in [0, 0.1) is 0 Å². The lowest BCUT2D eigenvalue weighted by molar-refractivity contribution is 0.843. The maximum atomic E-state index is 5.47. The predicted octanol–water partition coefficient (Wildman–Crippen LogP) is 0.798. The minimum atomic E-state index is -0.0464. The van der Waals surface area contributed by atoms with Gasteiger partial charge in [0.2, 0.25) is 0 Å². The van der Waals surface area contributed by atoms with Crippen LogP contribution in [0.5, 0.6) is 0 Å². The van der Waals surface area contributed by atoms with E-state index < -0.39 is 0 Å². The SMILES string of the molecule is C[C@H](N)Nc1ccccn1. The standard InChI is InChI=1S/C7H11N3/c1-6(8)10-7-4-2-3-5-9-7/h2-6H,8H2,1H3,(H,9,10)/t6-/m1/s1. The first-order valence-electron chi connectivity index (χ1n) is 3.22. The Morgan fingerprint density at radius 3 is 2.90 bits per heavy atom. The molecule has 0 amide bonds. The van der Waals surface area contributed by atoms with Gasteiger partial charge >= 0.3 is 0 Å². The zero-order valence-electron chi connectivity index (χ0n) is 5.91. The van der Waals surface area contributed by atoms with Crippen molar-refractivity contribution in [3.05, 3.63) is 24.4 Å². The van der Waals surface area contributed by atoms with Crippen molar-refractivity contribution >= 4 is 5.82 Å². The second-order valence-electron chi connectivity index (χ2n) is 2.15. The van der Waals surface area contributed by atoms with Crippen LogP contribution in [0.1, 0.15) is 6.92 Å². The van der Waals surface area contributed by atoms with E-state index in [0.717, 1.165) is 5.82 Å². The first kappa shape index (κ1) is 7.02. The number of hydrogen-bond donors (Lipinski definition) is 2. The Bertz CT molecular complexity index is 183. The van der Waals surface area contributed by atoms with E-state index >= 15 is 0 Å². The lowest BCUT2D eigenvalue weighted by Crippen LogP contribution is -2.25. The van der Waals surface area contributed by atoms with Crippen molar-refractivity contribution in [1.82, 2.24) is 4.98 Å². The highest BCUT2D eigenvalue weighted by molar-refractivity contribution is 5.33. The second kappa shape index (κ2) is 3.17. The molecule has 0 unspecified atom stereocenters. The van der Waals surface area contributed by atoms with Crippen molar-refractivity contribution in [2.45, 2.75) is 13.1 Å². The molecule has 3 N–H and O–H groups in total.